The van der Waals surface area contributed by atoms with Crippen LogP contribution in [0.2, 0.25) is 0 Å². The van der Waals surface area contributed by atoms with E-state index >= 15 is 0 Å². The third kappa shape index (κ3) is 3.12. The Bertz CT molecular complexity index is 600. The number of nitrogens with zero attached hydrogens (tertiary/aromatic N) is 2. The number of rotatable bonds is 5. The number of anilines is 1. The summed E-state index contributed by atoms with van der Waals surface area (Å²) < 4.78 is 2.27. The number of unbranched alkanes of at least 4 members (excludes halogenated alkanes) is 1. The van der Waals surface area contributed by atoms with Gasteiger partial charge in [-0.25, -0.2) is 4.98 Å². The van der Waals surface area contributed by atoms with Crippen molar-refractivity contribution in [3.8, 4) is 0 Å². The first-order valence-electron chi connectivity index (χ1n) is 8.16. The van der Waals surface area contributed by atoms with Gasteiger partial charge in [0, 0.05) is 12.7 Å². The molecule has 0 amide bonds. The Morgan fingerprint density at radius 3 is 3.05 bits per heavy atom. The van der Waals surface area contributed by atoms with Gasteiger partial charge in [-0.2, -0.15) is 0 Å². The Balaban J connectivity index is 1.81. The molecule has 112 valence electrons. The number of aryl methyl sites for hydroxylation is 3. The highest BCUT2D eigenvalue weighted by Gasteiger charge is 2.21. The predicted octanol–water partition coefficient (Wildman–Crippen LogP) is 4.48. The van der Waals surface area contributed by atoms with Crippen LogP contribution >= 0.6 is 0 Å². The van der Waals surface area contributed by atoms with Crippen molar-refractivity contribution in [3.63, 3.8) is 0 Å². The zero-order valence-corrected chi connectivity index (χ0v) is 13.1. The fraction of sp³-hybridized carbons (Fsp3) is 0.500. The van der Waals surface area contributed by atoms with Crippen LogP contribution in [0.15, 0.2) is 30.5 Å². The highest BCUT2D eigenvalue weighted by Crippen LogP contribution is 2.32. The summed E-state index contributed by atoms with van der Waals surface area (Å²) in [5, 5.41) is 3.69. The van der Waals surface area contributed by atoms with Crippen molar-refractivity contribution in [2.75, 3.05) is 5.32 Å². The molecule has 3 nitrogen and oxygen atoms in total. The second-order valence-electron chi connectivity index (χ2n) is 6.04. The predicted molar refractivity (Wildman–Crippen MR) is 87.6 cm³/mol. The molecular formula is C18H25N3. The molecule has 1 atom stereocenters. The molecular weight excluding hydrogens is 258 g/mol. The molecule has 1 aliphatic carbocycles. The zero-order chi connectivity index (χ0) is 14.7. The molecule has 0 bridgehead atoms. The Morgan fingerprint density at radius 1 is 1.33 bits per heavy atom. The smallest absolute Gasteiger partial charge is 0.203 e. The summed E-state index contributed by atoms with van der Waals surface area (Å²) in [6, 6.07) is 9.22. The van der Waals surface area contributed by atoms with Crippen LogP contribution in [0, 0.1) is 6.92 Å². The molecule has 1 aliphatic rings. The molecule has 0 fully saturated rings. The van der Waals surface area contributed by atoms with Crippen LogP contribution < -0.4 is 5.32 Å². The number of fused-ring (bicyclic) bond motifs is 1. The summed E-state index contributed by atoms with van der Waals surface area (Å²) in [4.78, 5) is 4.68. The van der Waals surface area contributed by atoms with E-state index < -0.39 is 0 Å². The van der Waals surface area contributed by atoms with E-state index in [1.54, 1.807) is 0 Å². The van der Waals surface area contributed by atoms with Crippen molar-refractivity contribution >= 4 is 5.95 Å². The number of benzene rings is 1. The summed E-state index contributed by atoms with van der Waals surface area (Å²) in [6.07, 6.45) is 8.22. The van der Waals surface area contributed by atoms with Crippen LogP contribution in [-0.2, 0) is 13.0 Å². The number of imidazole rings is 1. The van der Waals surface area contributed by atoms with Crippen molar-refractivity contribution in [1.29, 1.82) is 0 Å². The number of nitrogens with one attached hydrogen (secondary N) is 1. The van der Waals surface area contributed by atoms with Gasteiger partial charge in [-0.15, -0.1) is 0 Å². The van der Waals surface area contributed by atoms with E-state index in [4.69, 9.17) is 0 Å². The maximum Gasteiger partial charge on any atom is 0.203 e. The lowest BCUT2D eigenvalue weighted by Gasteiger charge is -2.27. The first-order valence-corrected chi connectivity index (χ1v) is 8.16. The van der Waals surface area contributed by atoms with Crippen LogP contribution in [0.25, 0.3) is 0 Å². The number of hydrogen-bond donors (Lipinski definition) is 1. The van der Waals surface area contributed by atoms with Crippen LogP contribution in [0.3, 0.4) is 0 Å². The molecule has 1 heterocycles. The average Bonchev–Trinajstić information content (AvgIpc) is 2.85. The quantitative estimate of drug-likeness (QED) is 0.876. The Labute approximate surface area is 127 Å². The van der Waals surface area contributed by atoms with Crippen LogP contribution in [0.5, 0.6) is 0 Å². The van der Waals surface area contributed by atoms with Crippen LogP contribution in [0.4, 0.5) is 5.95 Å². The maximum absolute atomic E-state index is 4.68. The standard InChI is InChI=1S/C18H25N3/c1-3-4-12-21-13-14(2)19-18(21)20-17-11-7-9-15-8-5-6-10-16(15)17/h5-6,8,10,13,17H,3-4,7,9,11-12H2,1-2H3,(H,19,20). The monoisotopic (exact) mass is 283 g/mol. The fourth-order valence-corrected chi connectivity index (χ4v) is 3.22. The summed E-state index contributed by atoms with van der Waals surface area (Å²) in [7, 11) is 0. The minimum Gasteiger partial charge on any atom is -0.349 e. The number of aromatic nitrogens is 2. The lowest BCUT2D eigenvalue weighted by Crippen LogP contribution is -2.19. The summed E-state index contributed by atoms with van der Waals surface area (Å²) in [6.45, 7) is 5.35. The summed E-state index contributed by atoms with van der Waals surface area (Å²) in [5.41, 5.74) is 4.04. The van der Waals surface area contributed by atoms with Crippen molar-refractivity contribution in [2.45, 2.75) is 58.5 Å². The molecule has 3 heteroatoms. The van der Waals surface area contributed by atoms with Gasteiger partial charge in [-0.05, 0) is 43.7 Å². The van der Waals surface area contributed by atoms with Gasteiger partial charge in [-0.1, -0.05) is 37.6 Å². The molecule has 1 aromatic heterocycles. The highest BCUT2D eigenvalue weighted by atomic mass is 15.2. The Morgan fingerprint density at radius 2 is 2.19 bits per heavy atom. The molecule has 0 aliphatic heterocycles. The van der Waals surface area contributed by atoms with Crippen LogP contribution in [0.1, 0.15) is 55.5 Å². The molecule has 2 aromatic rings. The third-order valence-electron chi connectivity index (χ3n) is 4.32. The first kappa shape index (κ1) is 14.2. The maximum atomic E-state index is 4.68. The SMILES string of the molecule is CCCCn1cc(C)nc1NC1CCCc2ccccc21. The topological polar surface area (TPSA) is 29.9 Å². The second kappa shape index (κ2) is 6.33. The molecule has 0 saturated heterocycles. The normalized spacial score (nSPS) is 17.5. The molecule has 1 aromatic carbocycles. The Kier molecular flexibility index (Phi) is 4.28. The van der Waals surface area contributed by atoms with Crippen molar-refractivity contribution in [2.24, 2.45) is 0 Å². The van der Waals surface area contributed by atoms with Gasteiger partial charge in [0.25, 0.3) is 0 Å². The summed E-state index contributed by atoms with van der Waals surface area (Å²) >= 11 is 0. The van der Waals surface area contributed by atoms with Crippen LogP contribution in [-0.4, -0.2) is 9.55 Å². The molecule has 1 N–H and O–H groups in total. The Hall–Kier alpha value is -1.77. The van der Waals surface area contributed by atoms with Gasteiger partial charge in [0.2, 0.25) is 5.95 Å². The van der Waals surface area contributed by atoms with Gasteiger partial charge < -0.3 is 9.88 Å². The first-order chi connectivity index (χ1) is 10.3. The van der Waals surface area contributed by atoms with Gasteiger partial charge in [0.15, 0.2) is 0 Å². The molecule has 21 heavy (non-hydrogen) atoms. The summed E-state index contributed by atoms with van der Waals surface area (Å²) in [5.74, 6) is 1.03. The minimum absolute atomic E-state index is 0.400. The van der Waals surface area contributed by atoms with Gasteiger partial charge in [-0.3, -0.25) is 0 Å². The second-order valence-corrected chi connectivity index (χ2v) is 6.04. The van der Waals surface area contributed by atoms with E-state index in [1.807, 2.05) is 0 Å². The van der Waals surface area contributed by atoms with Crippen molar-refractivity contribution in [3.05, 3.63) is 47.3 Å². The molecule has 0 radical (unpaired) electrons. The molecule has 0 saturated carbocycles. The fourth-order valence-electron chi connectivity index (χ4n) is 3.22. The van der Waals surface area contributed by atoms with E-state index in [-0.39, 0.29) is 0 Å². The average molecular weight is 283 g/mol. The van der Waals surface area contributed by atoms with Gasteiger partial charge in [0.05, 0.1) is 11.7 Å². The largest absolute Gasteiger partial charge is 0.349 e. The van der Waals surface area contributed by atoms with E-state index in [1.165, 1.54) is 43.2 Å². The molecule has 1 unspecified atom stereocenters. The highest BCUT2D eigenvalue weighted by molar-refractivity contribution is 5.39. The van der Waals surface area contributed by atoms with Gasteiger partial charge in [0.1, 0.15) is 0 Å². The number of hydrogen-bond acceptors (Lipinski definition) is 2. The van der Waals surface area contributed by atoms with Gasteiger partial charge >= 0.3 is 0 Å². The minimum atomic E-state index is 0.400. The van der Waals surface area contributed by atoms with Crippen molar-refractivity contribution in [1.82, 2.24) is 9.55 Å². The van der Waals surface area contributed by atoms with E-state index in [9.17, 15) is 0 Å². The molecule has 3 rings (SSSR count). The van der Waals surface area contributed by atoms with Crippen molar-refractivity contribution < 1.29 is 0 Å². The van der Waals surface area contributed by atoms with E-state index in [0.717, 1.165) is 18.2 Å². The van der Waals surface area contributed by atoms with E-state index in [2.05, 4.69) is 59.2 Å². The molecule has 0 spiro atoms. The lowest BCUT2D eigenvalue weighted by molar-refractivity contribution is 0.581. The third-order valence-corrected chi connectivity index (χ3v) is 4.32. The zero-order valence-electron chi connectivity index (χ0n) is 13.1. The lowest BCUT2D eigenvalue weighted by atomic mass is 9.88. The van der Waals surface area contributed by atoms with E-state index in [0.29, 0.717) is 6.04 Å².